The van der Waals surface area contributed by atoms with Crippen LogP contribution >= 0.6 is 35.3 Å². The maximum Gasteiger partial charge on any atom is 0.215 e. The monoisotopic (exact) mass is 570 g/mol. The Morgan fingerprint density at radius 1 is 1.23 bits per heavy atom. The third-order valence-electron chi connectivity index (χ3n) is 5.75. The van der Waals surface area contributed by atoms with Crippen molar-refractivity contribution in [2.45, 2.75) is 44.4 Å². The van der Waals surface area contributed by atoms with Crippen molar-refractivity contribution in [3.63, 3.8) is 0 Å². The van der Waals surface area contributed by atoms with Crippen molar-refractivity contribution in [3.8, 4) is 0 Å². The van der Waals surface area contributed by atoms with E-state index in [0.717, 1.165) is 13.1 Å². The maximum atomic E-state index is 12.5. The average Bonchev–Trinajstić information content (AvgIpc) is 3.29. The van der Waals surface area contributed by atoms with Crippen LogP contribution in [0.4, 0.5) is 0 Å². The standard InChI is InChI=1S/C20H34N4O3S2.HI/c1-2-21-19(22-10-16-29(25,26)24-11-13-27-14-12-24)23-17-20(8-4-3-5-9-20)18-7-6-15-28-18;/h6-7,15H,2-5,8-14,16-17H2,1H3,(H2,21,22,23);1H. The molecule has 1 aromatic heterocycles. The Morgan fingerprint density at radius 3 is 2.60 bits per heavy atom. The number of halogens is 1. The molecule has 2 fully saturated rings. The van der Waals surface area contributed by atoms with Gasteiger partial charge in [0.1, 0.15) is 0 Å². The number of ether oxygens (including phenoxy) is 1. The average molecular weight is 571 g/mol. The molecule has 30 heavy (non-hydrogen) atoms. The van der Waals surface area contributed by atoms with Crippen molar-refractivity contribution in [2.75, 3.05) is 51.7 Å². The molecule has 0 aromatic carbocycles. The van der Waals surface area contributed by atoms with E-state index in [-0.39, 0.29) is 35.1 Å². The van der Waals surface area contributed by atoms with E-state index in [0.29, 0.717) is 38.8 Å². The minimum atomic E-state index is -3.27. The number of guanidine groups is 1. The van der Waals surface area contributed by atoms with Crippen LogP contribution in [0.2, 0.25) is 0 Å². The summed E-state index contributed by atoms with van der Waals surface area (Å²) in [4.78, 5) is 6.29. The van der Waals surface area contributed by atoms with Gasteiger partial charge < -0.3 is 15.4 Å². The fourth-order valence-corrected chi connectivity index (χ4v) is 6.42. The smallest absolute Gasteiger partial charge is 0.215 e. The summed E-state index contributed by atoms with van der Waals surface area (Å²) in [5.41, 5.74) is 0.120. The largest absolute Gasteiger partial charge is 0.379 e. The molecule has 172 valence electrons. The van der Waals surface area contributed by atoms with Gasteiger partial charge >= 0.3 is 0 Å². The molecule has 10 heteroatoms. The minimum absolute atomic E-state index is 0. The summed E-state index contributed by atoms with van der Waals surface area (Å²) in [7, 11) is -3.27. The fourth-order valence-electron chi connectivity index (χ4n) is 4.12. The van der Waals surface area contributed by atoms with Crippen LogP contribution in [0.25, 0.3) is 0 Å². The Hall–Kier alpha value is -0.430. The van der Waals surface area contributed by atoms with E-state index in [2.05, 4.69) is 28.1 Å². The van der Waals surface area contributed by atoms with E-state index < -0.39 is 10.0 Å². The number of hydrogen-bond donors (Lipinski definition) is 2. The number of nitrogens with one attached hydrogen (secondary N) is 2. The van der Waals surface area contributed by atoms with Gasteiger partial charge in [-0.1, -0.05) is 25.3 Å². The normalized spacial score (nSPS) is 20.4. The summed E-state index contributed by atoms with van der Waals surface area (Å²) in [6.45, 7) is 5.69. The lowest BCUT2D eigenvalue weighted by molar-refractivity contribution is 0.0730. The molecule has 7 nitrogen and oxygen atoms in total. The highest BCUT2D eigenvalue weighted by atomic mass is 127. The molecule has 1 aromatic rings. The summed E-state index contributed by atoms with van der Waals surface area (Å²) in [6, 6.07) is 4.36. The minimum Gasteiger partial charge on any atom is -0.379 e. The molecule has 2 heterocycles. The Bertz CT molecular complexity index is 744. The summed E-state index contributed by atoms with van der Waals surface area (Å²) >= 11 is 1.83. The lowest BCUT2D eigenvalue weighted by atomic mass is 9.73. The maximum absolute atomic E-state index is 12.5. The molecule has 0 unspecified atom stereocenters. The first kappa shape index (κ1) is 25.8. The molecule has 0 radical (unpaired) electrons. The van der Waals surface area contributed by atoms with Crippen molar-refractivity contribution in [3.05, 3.63) is 22.4 Å². The van der Waals surface area contributed by atoms with Gasteiger partial charge in [0.15, 0.2) is 5.96 Å². The zero-order valence-electron chi connectivity index (χ0n) is 17.8. The Balaban J connectivity index is 0.00000320. The SMILES string of the molecule is CCNC(=NCC1(c2cccs2)CCCCC1)NCCS(=O)(=O)N1CCOCC1.I. The van der Waals surface area contributed by atoms with Crippen LogP contribution in [0.5, 0.6) is 0 Å². The van der Waals surface area contributed by atoms with Crippen LogP contribution in [0.15, 0.2) is 22.5 Å². The van der Waals surface area contributed by atoms with E-state index in [1.54, 1.807) is 0 Å². The van der Waals surface area contributed by atoms with Gasteiger partial charge in [-0.15, -0.1) is 35.3 Å². The van der Waals surface area contributed by atoms with Gasteiger partial charge in [-0.05, 0) is 31.2 Å². The first-order valence-corrected chi connectivity index (χ1v) is 13.2. The Morgan fingerprint density at radius 2 is 1.97 bits per heavy atom. The summed E-state index contributed by atoms with van der Waals surface area (Å²) < 4.78 is 31.8. The molecule has 0 atom stereocenters. The molecule has 0 amide bonds. The van der Waals surface area contributed by atoms with Crippen molar-refractivity contribution in [2.24, 2.45) is 4.99 Å². The molecular formula is C20H35IN4O3S2. The van der Waals surface area contributed by atoms with Crippen LogP contribution in [-0.2, 0) is 20.2 Å². The van der Waals surface area contributed by atoms with E-state index >= 15 is 0 Å². The van der Waals surface area contributed by atoms with Gasteiger partial charge in [0.2, 0.25) is 10.0 Å². The summed E-state index contributed by atoms with van der Waals surface area (Å²) in [5, 5.41) is 8.64. The third-order valence-corrected chi connectivity index (χ3v) is 8.74. The van der Waals surface area contributed by atoms with Crippen molar-refractivity contribution in [1.29, 1.82) is 0 Å². The van der Waals surface area contributed by atoms with E-state index in [9.17, 15) is 8.42 Å². The van der Waals surface area contributed by atoms with Crippen LogP contribution in [0.1, 0.15) is 43.9 Å². The number of hydrogen-bond acceptors (Lipinski definition) is 5. The van der Waals surface area contributed by atoms with E-state index in [4.69, 9.17) is 9.73 Å². The van der Waals surface area contributed by atoms with Gasteiger partial charge in [0, 0.05) is 36.5 Å². The predicted octanol–water partition coefficient (Wildman–Crippen LogP) is 2.79. The molecule has 0 bridgehead atoms. The van der Waals surface area contributed by atoms with Gasteiger partial charge in [0.05, 0.1) is 25.5 Å². The number of rotatable bonds is 8. The number of morpholine rings is 1. The van der Waals surface area contributed by atoms with Gasteiger partial charge in [-0.3, -0.25) is 4.99 Å². The van der Waals surface area contributed by atoms with E-state index in [1.165, 1.54) is 41.3 Å². The highest BCUT2D eigenvalue weighted by Gasteiger charge is 2.34. The first-order valence-electron chi connectivity index (χ1n) is 10.7. The van der Waals surface area contributed by atoms with Crippen LogP contribution < -0.4 is 10.6 Å². The second-order valence-corrected chi connectivity index (χ2v) is 10.8. The number of sulfonamides is 1. The topological polar surface area (TPSA) is 83.0 Å². The van der Waals surface area contributed by atoms with Gasteiger partial charge in [-0.2, -0.15) is 4.31 Å². The van der Waals surface area contributed by atoms with Gasteiger partial charge in [-0.25, -0.2) is 8.42 Å². The zero-order valence-corrected chi connectivity index (χ0v) is 21.7. The number of nitrogens with zero attached hydrogens (tertiary/aromatic N) is 2. The summed E-state index contributed by atoms with van der Waals surface area (Å²) in [6.07, 6.45) is 6.13. The molecule has 2 aliphatic rings. The lowest BCUT2D eigenvalue weighted by Gasteiger charge is -2.35. The molecule has 2 N–H and O–H groups in total. The third kappa shape index (κ3) is 7.04. The highest BCUT2D eigenvalue weighted by molar-refractivity contribution is 14.0. The Labute approximate surface area is 202 Å². The molecule has 3 rings (SSSR count). The molecule has 0 spiro atoms. The summed E-state index contributed by atoms with van der Waals surface area (Å²) in [5.74, 6) is 0.763. The number of thiophene rings is 1. The Kier molecular flexibility index (Phi) is 10.8. The predicted molar refractivity (Wildman–Crippen MR) is 135 cm³/mol. The van der Waals surface area contributed by atoms with Crippen LogP contribution in [0.3, 0.4) is 0 Å². The molecule has 1 aliphatic carbocycles. The van der Waals surface area contributed by atoms with Crippen LogP contribution in [0, 0.1) is 0 Å². The molecule has 1 saturated heterocycles. The highest BCUT2D eigenvalue weighted by Crippen LogP contribution is 2.41. The molecule has 1 aliphatic heterocycles. The quantitative estimate of drug-likeness (QED) is 0.286. The second kappa shape index (κ2) is 12.6. The zero-order chi connectivity index (χ0) is 20.6. The fraction of sp³-hybridized carbons (Fsp3) is 0.750. The lowest BCUT2D eigenvalue weighted by Crippen LogP contribution is -2.45. The van der Waals surface area contributed by atoms with E-state index in [1.807, 2.05) is 18.3 Å². The second-order valence-electron chi connectivity index (χ2n) is 7.77. The van der Waals surface area contributed by atoms with Crippen molar-refractivity contribution in [1.82, 2.24) is 14.9 Å². The molecule has 1 saturated carbocycles. The van der Waals surface area contributed by atoms with Crippen LogP contribution in [-0.4, -0.2) is 70.4 Å². The van der Waals surface area contributed by atoms with Crippen molar-refractivity contribution < 1.29 is 13.2 Å². The van der Waals surface area contributed by atoms with Gasteiger partial charge in [0.25, 0.3) is 0 Å². The van der Waals surface area contributed by atoms with Crippen molar-refractivity contribution >= 4 is 51.3 Å². The first-order chi connectivity index (χ1) is 14.1. The molecular weight excluding hydrogens is 535 g/mol. The number of aliphatic imine (C=N–C) groups is 1.